The van der Waals surface area contributed by atoms with Crippen molar-refractivity contribution in [2.24, 2.45) is 5.73 Å². The van der Waals surface area contributed by atoms with Gasteiger partial charge in [-0.3, -0.25) is 14.4 Å². The predicted octanol–water partition coefficient (Wildman–Crippen LogP) is 3.87. The molecule has 0 radical (unpaired) electrons. The number of carbonyl (C=O) groups is 3. The molecule has 0 fully saturated rings. The third-order valence-corrected chi connectivity index (χ3v) is 5.67. The van der Waals surface area contributed by atoms with Crippen molar-refractivity contribution in [2.75, 3.05) is 18.5 Å². The predicted molar refractivity (Wildman–Crippen MR) is 131 cm³/mol. The second-order valence-corrected chi connectivity index (χ2v) is 8.28. The molecular weight excluding hydrogens is 461 g/mol. The Balaban J connectivity index is 1.71. The number of nitrogens with zero attached hydrogens (tertiary/aromatic N) is 1. The van der Waals surface area contributed by atoms with Crippen LogP contribution in [0.5, 0.6) is 0 Å². The minimum atomic E-state index is -0.793. The van der Waals surface area contributed by atoms with Crippen LogP contribution in [-0.2, 0) is 16.0 Å². The number of ketones is 1. The molecule has 1 unspecified atom stereocenters. The second kappa shape index (κ2) is 11.1. The third kappa shape index (κ3) is 6.20. The fourth-order valence-corrected chi connectivity index (χ4v) is 3.67. The molecule has 3 N–H and O–H groups in total. The molecule has 0 saturated carbocycles. The standard InChI is InChI=1S/C25H23Cl2N3O3/c1-30(23(31)15-29-25(33)21(28)13-16-7-3-2-4-8-16)22-12-11-17(26)14-19(22)24(32)18-9-5-6-10-20(18)27/h2-12,14,21H,13,15,28H2,1H3,(H,29,33). The number of carbonyl (C=O) groups excluding carboxylic acids is 3. The van der Waals surface area contributed by atoms with Gasteiger partial charge in [-0.2, -0.15) is 0 Å². The molecule has 33 heavy (non-hydrogen) atoms. The minimum absolute atomic E-state index is 0.221. The van der Waals surface area contributed by atoms with Crippen LogP contribution in [0.25, 0.3) is 0 Å². The number of halogens is 2. The number of nitrogens with one attached hydrogen (secondary N) is 1. The highest BCUT2D eigenvalue weighted by molar-refractivity contribution is 6.36. The number of benzene rings is 3. The molecule has 3 aromatic carbocycles. The highest BCUT2D eigenvalue weighted by Gasteiger charge is 2.23. The molecule has 0 aliphatic heterocycles. The molecule has 0 spiro atoms. The van der Waals surface area contributed by atoms with Crippen LogP contribution in [0.4, 0.5) is 5.69 Å². The zero-order valence-electron chi connectivity index (χ0n) is 17.9. The van der Waals surface area contributed by atoms with E-state index >= 15 is 0 Å². The van der Waals surface area contributed by atoms with E-state index in [0.29, 0.717) is 27.7 Å². The van der Waals surface area contributed by atoms with Gasteiger partial charge in [0.25, 0.3) is 0 Å². The lowest BCUT2D eigenvalue weighted by atomic mass is 10.0. The molecule has 8 heteroatoms. The highest BCUT2D eigenvalue weighted by atomic mass is 35.5. The summed E-state index contributed by atoms with van der Waals surface area (Å²) in [5.41, 5.74) is 7.76. The Kier molecular flexibility index (Phi) is 8.22. The number of likely N-dealkylation sites (N-methyl/N-ethyl adjacent to an activating group) is 1. The molecule has 170 valence electrons. The van der Waals surface area contributed by atoms with Gasteiger partial charge < -0.3 is 16.0 Å². The average Bonchev–Trinajstić information content (AvgIpc) is 2.82. The number of hydrogen-bond acceptors (Lipinski definition) is 4. The topological polar surface area (TPSA) is 92.5 Å². The molecule has 6 nitrogen and oxygen atoms in total. The van der Waals surface area contributed by atoms with Gasteiger partial charge >= 0.3 is 0 Å². The van der Waals surface area contributed by atoms with Crippen molar-refractivity contribution in [3.05, 3.63) is 99.5 Å². The van der Waals surface area contributed by atoms with E-state index in [1.807, 2.05) is 30.3 Å². The van der Waals surface area contributed by atoms with E-state index in [1.54, 1.807) is 36.4 Å². The van der Waals surface area contributed by atoms with Crippen molar-refractivity contribution in [2.45, 2.75) is 12.5 Å². The van der Waals surface area contributed by atoms with Crippen molar-refractivity contribution < 1.29 is 14.4 Å². The number of nitrogens with two attached hydrogens (primary N) is 1. The van der Waals surface area contributed by atoms with Crippen LogP contribution in [0.1, 0.15) is 21.5 Å². The molecule has 0 bridgehead atoms. The monoisotopic (exact) mass is 483 g/mol. The fraction of sp³-hybridized carbons (Fsp3) is 0.160. The Morgan fingerprint density at radius 3 is 2.30 bits per heavy atom. The lowest BCUT2D eigenvalue weighted by molar-refractivity contribution is -0.125. The first kappa shape index (κ1) is 24.5. The summed E-state index contributed by atoms with van der Waals surface area (Å²) in [5.74, 6) is -1.23. The van der Waals surface area contributed by atoms with Gasteiger partial charge in [-0.1, -0.05) is 65.7 Å². The Bertz CT molecular complexity index is 1170. The van der Waals surface area contributed by atoms with Crippen LogP contribution in [0.3, 0.4) is 0 Å². The molecule has 1 atom stereocenters. The van der Waals surface area contributed by atoms with E-state index in [0.717, 1.165) is 5.56 Å². The summed E-state index contributed by atoms with van der Waals surface area (Å²) in [7, 11) is 1.52. The molecule has 3 rings (SSSR count). The van der Waals surface area contributed by atoms with Gasteiger partial charge in [0, 0.05) is 23.2 Å². The Morgan fingerprint density at radius 1 is 0.939 bits per heavy atom. The first-order valence-electron chi connectivity index (χ1n) is 10.2. The van der Waals surface area contributed by atoms with E-state index in [9.17, 15) is 14.4 Å². The molecule has 0 aromatic heterocycles. The molecule has 0 aliphatic rings. The van der Waals surface area contributed by atoms with Crippen molar-refractivity contribution in [3.63, 3.8) is 0 Å². The summed E-state index contributed by atoms with van der Waals surface area (Å²) >= 11 is 12.3. The molecule has 0 aliphatic carbocycles. The summed E-state index contributed by atoms with van der Waals surface area (Å²) < 4.78 is 0. The third-order valence-electron chi connectivity index (χ3n) is 5.11. The van der Waals surface area contributed by atoms with Gasteiger partial charge in [0.15, 0.2) is 5.78 Å². The quantitative estimate of drug-likeness (QED) is 0.475. The van der Waals surface area contributed by atoms with Crippen molar-refractivity contribution in [1.82, 2.24) is 5.32 Å². The van der Waals surface area contributed by atoms with E-state index in [2.05, 4.69) is 5.32 Å². The SMILES string of the molecule is CN(C(=O)CNC(=O)C(N)Cc1ccccc1)c1ccc(Cl)cc1C(=O)c1ccccc1Cl. The van der Waals surface area contributed by atoms with Gasteiger partial charge in [0.1, 0.15) is 0 Å². The maximum atomic E-state index is 13.1. The molecule has 0 saturated heterocycles. The van der Waals surface area contributed by atoms with Gasteiger partial charge in [-0.25, -0.2) is 0 Å². The zero-order valence-corrected chi connectivity index (χ0v) is 19.4. The summed E-state index contributed by atoms with van der Waals surface area (Å²) in [4.78, 5) is 39.6. The van der Waals surface area contributed by atoms with Crippen LogP contribution in [0.15, 0.2) is 72.8 Å². The summed E-state index contributed by atoms with van der Waals surface area (Å²) in [6, 6.07) is 19.9. The smallest absolute Gasteiger partial charge is 0.246 e. The van der Waals surface area contributed by atoms with Crippen LogP contribution in [0, 0.1) is 0 Å². The van der Waals surface area contributed by atoms with Crippen LogP contribution in [-0.4, -0.2) is 37.2 Å². The first-order chi connectivity index (χ1) is 15.8. The molecule has 2 amide bonds. The summed E-state index contributed by atoms with van der Waals surface area (Å²) in [6.45, 7) is -0.278. The van der Waals surface area contributed by atoms with Crippen molar-refractivity contribution >= 4 is 46.5 Å². The van der Waals surface area contributed by atoms with Gasteiger partial charge in [-0.05, 0) is 42.3 Å². The molecule has 3 aromatic rings. The van der Waals surface area contributed by atoms with E-state index in [1.165, 1.54) is 18.0 Å². The maximum Gasteiger partial charge on any atom is 0.246 e. The second-order valence-electron chi connectivity index (χ2n) is 7.44. The fourth-order valence-electron chi connectivity index (χ4n) is 3.28. The van der Waals surface area contributed by atoms with E-state index < -0.39 is 17.9 Å². The lowest BCUT2D eigenvalue weighted by Crippen LogP contribution is -2.46. The van der Waals surface area contributed by atoms with E-state index in [4.69, 9.17) is 28.9 Å². The summed E-state index contributed by atoms with van der Waals surface area (Å²) in [6.07, 6.45) is 0.352. The average molecular weight is 484 g/mol. The number of rotatable bonds is 8. The van der Waals surface area contributed by atoms with Crippen LogP contribution >= 0.6 is 23.2 Å². The highest BCUT2D eigenvalue weighted by Crippen LogP contribution is 2.28. The molecule has 0 heterocycles. The minimum Gasteiger partial charge on any atom is -0.346 e. The van der Waals surface area contributed by atoms with Gasteiger partial charge in [0.05, 0.1) is 23.3 Å². The molecular formula is C25H23Cl2N3O3. The number of hydrogen-bond donors (Lipinski definition) is 2. The van der Waals surface area contributed by atoms with Crippen molar-refractivity contribution in [1.29, 1.82) is 0 Å². The first-order valence-corrected chi connectivity index (χ1v) is 11.0. The lowest BCUT2D eigenvalue weighted by Gasteiger charge is -2.21. The Labute approximate surface area is 202 Å². The Morgan fingerprint density at radius 2 is 1.61 bits per heavy atom. The van der Waals surface area contributed by atoms with E-state index in [-0.39, 0.29) is 17.9 Å². The maximum absolute atomic E-state index is 13.1. The van der Waals surface area contributed by atoms with Crippen LogP contribution in [0.2, 0.25) is 10.0 Å². The van der Waals surface area contributed by atoms with Gasteiger partial charge in [0.2, 0.25) is 11.8 Å². The number of anilines is 1. The Hall–Kier alpha value is -3.19. The van der Waals surface area contributed by atoms with Gasteiger partial charge in [-0.15, -0.1) is 0 Å². The van der Waals surface area contributed by atoms with Crippen LogP contribution < -0.4 is 16.0 Å². The number of amides is 2. The normalized spacial score (nSPS) is 11.5. The summed E-state index contributed by atoms with van der Waals surface area (Å²) in [5, 5.41) is 3.20. The zero-order chi connectivity index (χ0) is 24.0. The largest absolute Gasteiger partial charge is 0.346 e. The van der Waals surface area contributed by atoms with Crippen molar-refractivity contribution in [3.8, 4) is 0 Å².